The Hall–Kier alpha value is -1.75. The molecule has 0 aliphatic heterocycles. The van der Waals surface area contributed by atoms with Crippen molar-refractivity contribution in [2.24, 2.45) is 7.05 Å². The summed E-state index contributed by atoms with van der Waals surface area (Å²) in [7, 11) is 1.96. The highest BCUT2D eigenvalue weighted by Gasteiger charge is 2.11. The van der Waals surface area contributed by atoms with Crippen LogP contribution in [0, 0.1) is 0 Å². The smallest absolute Gasteiger partial charge is 0.282 e. The highest BCUT2D eigenvalue weighted by Crippen LogP contribution is 2.29. The van der Waals surface area contributed by atoms with Crippen LogP contribution in [-0.4, -0.2) is 14.5 Å². The maximum Gasteiger partial charge on any atom is 0.282 e. The molecule has 0 spiro atoms. The Labute approximate surface area is 102 Å². The molecule has 5 heteroatoms. The van der Waals surface area contributed by atoms with Crippen LogP contribution in [0.2, 0.25) is 0 Å². The van der Waals surface area contributed by atoms with Crippen LogP contribution in [0.5, 0.6) is 0 Å². The number of aryl methyl sites for hydroxylation is 2. The number of aromatic nitrogens is 3. The van der Waals surface area contributed by atoms with Gasteiger partial charge in [0.1, 0.15) is 10.7 Å². The van der Waals surface area contributed by atoms with Crippen molar-refractivity contribution in [3.05, 3.63) is 34.6 Å². The number of fused-ring (bicyclic) bond motifs is 3. The third-order valence-electron chi connectivity index (χ3n) is 2.74. The van der Waals surface area contributed by atoms with E-state index in [2.05, 4.69) is 9.97 Å². The van der Waals surface area contributed by atoms with Crippen molar-refractivity contribution in [1.29, 1.82) is 0 Å². The van der Waals surface area contributed by atoms with E-state index in [1.807, 2.05) is 37.0 Å². The highest BCUT2D eigenvalue weighted by atomic mass is 32.1. The molecule has 0 radical (unpaired) electrons. The van der Waals surface area contributed by atoms with Gasteiger partial charge in [-0.1, -0.05) is 6.92 Å². The number of rotatable bonds is 1. The van der Waals surface area contributed by atoms with Gasteiger partial charge in [0.05, 0.1) is 10.1 Å². The standard InChI is InChI=1S/C12H11N3OS/c1-3-9-13-11(16)10-7-4-5-15(2)6-8(7)17-12(10)14-9/h4-6H,3H2,1-2H3. The normalized spacial score (nSPS) is 11.4. The topological polar surface area (TPSA) is 47.8 Å². The molecule has 0 unspecified atom stereocenters. The molecule has 0 aliphatic carbocycles. The maximum absolute atomic E-state index is 12.0. The lowest BCUT2D eigenvalue weighted by atomic mass is 10.2. The predicted octanol–water partition coefficient (Wildman–Crippen LogP) is 2.11. The van der Waals surface area contributed by atoms with Crippen LogP contribution in [0.15, 0.2) is 23.3 Å². The molecule has 3 aromatic rings. The first kappa shape index (κ1) is 10.4. The Morgan fingerprint density at radius 3 is 3.00 bits per heavy atom. The summed E-state index contributed by atoms with van der Waals surface area (Å²) in [6.45, 7) is 1.95. The van der Waals surface area contributed by atoms with Crippen LogP contribution in [0.25, 0.3) is 20.3 Å². The van der Waals surface area contributed by atoms with Crippen molar-refractivity contribution >= 4 is 31.6 Å². The summed E-state index contributed by atoms with van der Waals surface area (Å²) in [5, 5.41) is 1.61. The summed E-state index contributed by atoms with van der Waals surface area (Å²) in [5.74, 6) is 0.624. The number of hydrogen-bond acceptors (Lipinski definition) is 4. The second-order valence-electron chi connectivity index (χ2n) is 3.97. The van der Waals surface area contributed by atoms with Crippen molar-refractivity contribution in [3.8, 4) is 0 Å². The Morgan fingerprint density at radius 2 is 2.24 bits per heavy atom. The van der Waals surface area contributed by atoms with Crippen molar-refractivity contribution < 1.29 is 0 Å². The first-order valence-corrected chi connectivity index (χ1v) is 6.26. The van der Waals surface area contributed by atoms with E-state index in [0.717, 1.165) is 14.9 Å². The lowest BCUT2D eigenvalue weighted by Crippen LogP contribution is -2.10. The summed E-state index contributed by atoms with van der Waals surface area (Å²) >= 11 is 1.55. The largest absolute Gasteiger partial charge is 0.356 e. The zero-order chi connectivity index (χ0) is 12.0. The third kappa shape index (κ3) is 1.54. The molecule has 0 saturated heterocycles. The van der Waals surface area contributed by atoms with E-state index in [9.17, 15) is 4.79 Å². The van der Waals surface area contributed by atoms with Crippen LogP contribution in [-0.2, 0) is 13.5 Å². The Balaban J connectivity index is 2.51. The van der Waals surface area contributed by atoms with Crippen molar-refractivity contribution in [1.82, 2.24) is 14.5 Å². The SMILES string of the molecule is CCc1nc(=O)c2c(n1)sc1cn(C)ccc12. The quantitative estimate of drug-likeness (QED) is 0.659. The molecular weight excluding hydrogens is 234 g/mol. The van der Waals surface area contributed by atoms with Crippen LogP contribution in [0.1, 0.15) is 12.7 Å². The van der Waals surface area contributed by atoms with E-state index in [0.29, 0.717) is 17.6 Å². The number of hydrogen-bond donors (Lipinski definition) is 0. The molecule has 0 fully saturated rings. The third-order valence-corrected chi connectivity index (χ3v) is 3.78. The van der Waals surface area contributed by atoms with Gasteiger partial charge in [0.15, 0.2) is 0 Å². The minimum absolute atomic E-state index is 0.160. The Morgan fingerprint density at radius 1 is 1.41 bits per heavy atom. The van der Waals surface area contributed by atoms with Gasteiger partial charge in [-0.25, -0.2) is 4.98 Å². The molecule has 0 saturated carbocycles. The first-order chi connectivity index (χ1) is 8.19. The molecule has 17 heavy (non-hydrogen) atoms. The fraction of sp³-hybridized carbons (Fsp3) is 0.250. The Kier molecular flexibility index (Phi) is 2.22. The molecule has 0 aliphatic rings. The van der Waals surface area contributed by atoms with E-state index in [4.69, 9.17) is 0 Å². The number of pyridine rings is 1. The molecule has 86 valence electrons. The molecular formula is C12H11N3OS. The summed E-state index contributed by atoms with van der Waals surface area (Å²) < 4.78 is 3.04. The van der Waals surface area contributed by atoms with Crippen LogP contribution in [0.4, 0.5) is 0 Å². The number of nitrogens with zero attached hydrogens (tertiary/aromatic N) is 3. The summed E-state index contributed by atoms with van der Waals surface area (Å²) in [5.41, 5.74) is -0.160. The van der Waals surface area contributed by atoms with Gasteiger partial charge in [-0.3, -0.25) is 4.79 Å². The van der Waals surface area contributed by atoms with Gasteiger partial charge in [-0.05, 0) is 6.07 Å². The van der Waals surface area contributed by atoms with Gasteiger partial charge < -0.3 is 4.57 Å². The Bertz CT molecular complexity index is 772. The molecule has 0 atom stereocenters. The minimum atomic E-state index is -0.160. The van der Waals surface area contributed by atoms with Gasteiger partial charge in [0, 0.05) is 31.2 Å². The van der Waals surface area contributed by atoms with Crippen LogP contribution in [0.3, 0.4) is 0 Å². The van der Waals surface area contributed by atoms with E-state index in [-0.39, 0.29) is 5.56 Å². The second-order valence-corrected chi connectivity index (χ2v) is 5.00. The second kappa shape index (κ2) is 3.63. The first-order valence-electron chi connectivity index (χ1n) is 5.44. The van der Waals surface area contributed by atoms with Gasteiger partial charge in [0.25, 0.3) is 5.56 Å². The monoisotopic (exact) mass is 245 g/mol. The van der Waals surface area contributed by atoms with E-state index in [1.54, 1.807) is 11.3 Å². The van der Waals surface area contributed by atoms with Gasteiger partial charge in [0.2, 0.25) is 0 Å². The fourth-order valence-corrected chi connectivity index (χ4v) is 3.05. The van der Waals surface area contributed by atoms with Gasteiger partial charge in [-0.15, -0.1) is 11.3 Å². The van der Waals surface area contributed by atoms with Crippen LogP contribution < -0.4 is 5.56 Å². The van der Waals surface area contributed by atoms with Crippen molar-refractivity contribution in [3.63, 3.8) is 0 Å². The van der Waals surface area contributed by atoms with E-state index < -0.39 is 0 Å². The van der Waals surface area contributed by atoms with Gasteiger partial charge in [-0.2, -0.15) is 4.98 Å². The summed E-state index contributed by atoms with van der Waals surface area (Å²) in [6, 6.07) is 1.95. The highest BCUT2D eigenvalue weighted by molar-refractivity contribution is 7.25. The average molecular weight is 245 g/mol. The summed E-state index contributed by atoms with van der Waals surface area (Å²) in [6.07, 6.45) is 4.63. The predicted molar refractivity (Wildman–Crippen MR) is 69.5 cm³/mol. The molecule has 0 N–H and O–H groups in total. The lowest BCUT2D eigenvalue weighted by molar-refractivity contribution is 0.916. The van der Waals surface area contributed by atoms with Crippen molar-refractivity contribution in [2.75, 3.05) is 0 Å². The van der Waals surface area contributed by atoms with E-state index in [1.165, 1.54) is 0 Å². The maximum atomic E-state index is 12.0. The molecule has 4 nitrogen and oxygen atoms in total. The molecule has 3 rings (SSSR count). The molecule has 3 aromatic heterocycles. The fourth-order valence-electron chi connectivity index (χ4n) is 1.89. The molecule has 0 bridgehead atoms. The molecule has 0 aromatic carbocycles. The van der Waals surface area contributed by atoms with Gasteiger partial charge >= 0.3 is 0 Å². The lowest BCUT2D eigenvalue weighted by Gasteiger charge is -1.96. The summed E-state index contributed by atoms with van der Waals surface area (Å²) in [4.78, 5) is 21.2. The molecule has 3 heterocycles. The van der Waals surface area contributed by atoms with Crippen LogP contribution >= 0.6 is 11.3 Å². The minimum Gasteiger partial charge on any atom is -0.356 e. The zero-order valence-corrected chi connectivity index (χ0v) is 10.4. The van der Waals surface area contributed by atoms with Crippen molar-refractivity contribution in [2.45, 2.75) is 13.3 Å². The number of thiophene rings is 1. The van der Waals surface area contributed by atoms with E-state index >= 15 is 0 Å². The zero-order valence-electron chi connectivity index (χ0n) is 9.60. The molecule has 0 amide bonds. The average Bonchev–Trinajstić information content (AvgIpc) is 2.66.